The molecule has 0 bridgehead atoms. The highest BCUT2D eigenvalue weighted by molar-refractivity contribution is 5.88. The Morgan fingerprint density at radius 3 is 3.00 bits per heavy atom. The van der Waals surface area contributed by atoms with Crippen molar-refractivity contribution in [2.75, 3.05) is 19.0 Å². The highest BCUT2D eigenvalue weighted by atomic mass is 16.5. The number of aromatic nitrogens is 2. The summed E-state index contributed by atoms with van der Waals surface area (Å²) in [5.74, 6) is 1.25. The number of hydrogen-bond donors (Lipinski definition) is 2. The van der Waals surface area contributed by atoms with Gasteiger partial charge in [-0.05, 0) is 12.1 Å². The number of carbonyl (C=O) groups excluding carboxylic acids is 1. The van der Waals surface area contributed by atoms with E-state index in [0.717, 1.165) is 0 Å². The Balaban J connectivity index is 1.97. The van der Waals surface area contributed by atoms with Gasteiger partial charge >= 0.3 is 6.03 Å². The van der Waals surface area contributed by atoms with Crippen LogP contribution in [0.1, 0.15) is 11.8 Å². The molecule has 19 heavy (non-hydrogen) atoms. The van der Waals surface area contributed by atoms with Gasteiger partial charge in [-0.15, -0.1) is 0 Å². The Morgan fingerprint density at radius 2 is 2.42 bits per heavy atom. The smallest absolute Gasteiger partial charge is 0.321 e. The fraction of sp³-hybridized carbons (Fsp3) is 0.333. The van der Waals surface area contributed by atoms with E-state index in [4.69, 9.17) is 9.15 Å². The van der Waals surface area contributed by atoms with E-state index in [1.165, 1.54) is 0 Å². The molecule has 2 aromatic rings. The molecule has 0 aliphatic carbocycles. The summed E-state index contributed by atoms with van der Waals surface area (Å²) in [6.45, 7) is 0.326. The molecule has 1 atom stereocenters. The number of nitrogens with one attached hydrogen (secondary N) is 2. The van der Waals surface area contributed by atoms with Gasteiger partial charge in [-0.1, -0.05) is 0 Å². The third-order valence-corrected chi connectivity index (χ3v) is 2.59. The summed E-state index contributed by atoms with van der Waals surface area (Å²) < 4.78 is 11.9. The normalized spacial score (nSPS) is 12.1. The van der Waals surface area contributed by atoms with Gasteiger partial charge in [0.2, 0.25) is 0 Å². The van der Waals surface area contributed by atoms with E-state index in [0.29, 0.717) is 18.2 Å². The first-order valence-electron chi connectivity index (χ1n) is 5.78. The van der Waals surface area contributed by atoms with Crippen molar-refractivity contribution in [2.45, 2.75) is 6.04 Å². The predicted molar refractivity (Wildman–Crippen MR) is 68.7 cm³/mol. The summed E-state index contributed by atoms with van der Waals surface area (Å²) in [4.78, 5) is 11.9. The second-order valence-electron chi connectivity index (χ2n) is 3.96. The lowest BCUT2D eigenvalue weighted by Gasteiger charge is -2.16. The SMILES string of the molecule is COC[C@@H](NC(=O)Nc1ccnn1C)c1ccco1. The quantitative estimate of drug-likeness (QED) is 0.858. The Morgan fingerprint density at radius 1 is 1.58 bits per heavy atom. The minimum Gasteiger partial charge on any atom is -0.467 e. The molecular weight excluding hydrogens is 248 g/mol. The number of ether oxygens (including phenoxy) is 1. The van der Waals surface area contributed by atoms with Crippen LogP contribution in [-0.2, 0) is 11.8 Å². The van der Waals surface area contributed by atoms with Gasteiger partial charge in [0.15, 0.2) is 0 Å². The third-order valence-electron chi connectivity index (χ3n) is 2.59. The van der Waals surface area contributed by atoms with Crippen LogP contribution in [0.2, 0.25) is 0 Å². The molecule has 0 aliphatic rings. The fourth-order valence-corrected chi connectivity index (χ4v) is 1.66. The van der Waals surface area contributed by atoms with Gasteiger partial charge in [-0.25, -0.2) is 4.79 Å². The molecule has 0 unspecified atom stereocenters. The van der Waals surface area contributed by atoms with Crippen LogP contribution >= 0.6 is 0 Å². The monoisotopic (exact) mass is 264 g/mol. The summed E-state index contributed by atoms with van der Waals surface area (Å²) in [5, 5.41) is 9.44. The van der Waals surface area contributed by atoms with Crippen LogP contribution in [0.4, 0.5) is 10.6 Å². The number of amides is 2. The molecule has 0 spiro atoms. The summed E-state index contributed by atoms with van der Waals surface area (Å²) in [6.07, 6.45) is 3.16. The molecule has 0 radical (unpaired) electrons. The van der Waals surface area contributed by atoms with Gasteiger partial charge in [0.25, 0.3) is 0 Å². The van der Waals surface area contributed by atoms with Crippen molar-refractivity contribution in [3.05, 3.63) is 36.4 Å². The van der Waals surface area contributed by atoms with E-state index in [2.05, 4.69) is 15.7 Å². The molecule has 7 nitrogen and oxygen atoms in total. The second-order valence-corrected chi connectivity index (χ2v) is 3.96. The summed E-state index contributed by atoms with van der Waals surface area (Å²) in [7, 11) is 3.31. The highest BCUT2D eigenvalue weighted by Crippen LogP contribution is 2.14. The number of methoxy groups -OCH3 is 1. The van der Waals surface area contributed by atoms with Gasteiger partial charge in [-0.2, -0.15) is 5.10 Å². The molecule has 2 aromatic heterocycles. The molecule has 0 fully saturated rings. The average molecular weight is 264 g/mol. The van der Waals surface area contributed by atoms with Crippen LogP contribution in [0.3, 0.4) is 0 Å². The summed E-state index contributed by atoms with van der Waals surface area (Å²) >= 11 is 0. The van der Waals surface area contributed by atoms with Gasteiger partial charge in [0.05, 0.1) is 19.1 Å². The van der Waals surface area contributed by atoms with Crippen LogP contribution in [0.15, 0.2) is 35.1 Å². The van der Waals surface area contributed by atoms with Crippen LogP contribution < -0.4 is 10.6 Å². The molecule has 7 heteroatoms. The first kappa shape index (κ1) is 13.2. The number of nitrogens with zero attached hydrogens (tertiary/aromatic N) is 2. The Kier molecular flexibility index (Phi) is 4.19. The second kappa shape index (κ2) is 6.05. The van der Waals surface area contributed by atoms with Gasteiger partial charge in [-0.3, -0.25) is 10.00 Å². The Labute approximate surface area is 110 Å². The number of carbonyl (C=O) groups is 1. The molecular formula is C12H16N4O3. The van der Waals surface area contributed by atoms with Crippen LogP contribution in [0.25, 0.3) is 0 Å². The maximum Gasteiger partial charge on any atom is 0.321 e. The molecule has 0 saturated heterocycles. The number of anilines is 1. The number of rotatable bonds is 5. The Hall–Kier alpha value is -2.28. The largest absolute Gasteiger partial charge is 0.467 e. The maximum absolute atomic E-state index is 11.9. The molecule has 2 N–H and O–H groups in total. The lowest BCUT2D eigenvalue weighted by Crippen LogP contribution is -2.35. The van der Waals surface area contributed by atoms with Crippen molar-refractivity contribution in [3.8, 4) is 0 Å². The zero-order chi connectivity index (χ0) is 13.7. The first-order valence-corrected chi connectivity index (χ1v) is 5.78. The van der Waals surface area contributed by atoms with Crippen molar-refractivity contribution in [2.24, 2.45) is 7.05 Å². The van der Waals surface area contributed by atoms with Crippen molar-refractivity contribution >= 4 is 11.8 Å². The average Bonchev–Trinajstić information content (AvgIpc) is 3.01. The molecule has 0 aliphatic heterocycles. The van der Waals surface area contributed by atoms with E-state index in [1.54, 1.807) is 49.5 Å². The molecule has 2 rings (SSSR count). The molecule has 2 amide bonds. The molecule has 102 valence electrons. The zero-order valence-electron chi connectivity index (χ0n) is 10.8. The first-order chi connectivity index (χ1) is 9.20. The molecule has 2 heterocycles. The van der Waals surface area contributed by atoms with Crippen molar-refractivity contribution in [1.82, 2.24) is 15.1 Å². The van der Waals surface area contributed by atoms with Gasteiger partial charge in [0.1, 0.15) is 17.6 Å². The summed E-state index contributed by atoms with van der Waals surface area (Å²) in [5.41, 5.74) is 0. The van der Waals surface area contributed by atoms with Crippen molar-refractivity contribution in [1.29, 1.82) is 0 Å². The van der Waals surface area contributed by atoms with Crippen LogP contribution in [0, 0.1) is 0 Å². The van der Waals surface area contributed by atoms with Gasteiger partial charge < -0.3 is 14.5 Å². The highest BCUT2D eigenvalue weighted by Gasteiger charge is 2.17. The summed E-state index contributed by atoms with van der Waals surface area (Å²) in [6, 6.07) is 4.57. The Bertz CT molecular complexity index is 521. The standard InChI is InChI=1S/C12H16N4O3/c1-16-11(5-6-13-16)15-12(17)14-9(8-18-2)10-4-3-7-19-10/h3-7,9H,8H2,1-2H3,(H2,14,15,17)/t9-/m1/s1. The minimum absolute atomic E-state index is 0.326. The number of urea groups is 1. The minimum atomic E-state index is -0.345. The fourth-order valence-electron chi connectivity index (χ4n) is 1.66. The van der Waals surface area contributed by atoms with Crippen molar-refractivity contribution < 1.29 is 13.9 Å². The maximum atomic E-state index is 11.9. The topological polar surface area (TPSA) is 81.3 Å². The van der Waals surface area contributed by atoms with E-state index < -0.39 is 0 Å². The van der Waals surface area contributed by atoms with Crippen molar-refractivity contribution in [3.63, 3.8) is 0 Å². The van der Waals surface area contributed by atoms with Crippen LogP contribution in [0.5, 0.6) is 0 Å². The van der Waals surface area contributed by atoms with E-state index in [-0.39, 0.29) is 12.1 Å². The lowest BCUT2D eigenvalue weighted by molar-refractivity contribution is 0.159. The van der Waals surface area contributed by atoms with Gasteiger partial charge in [0, 0.05) is 20.2 Å². The third kappa shape index (κ3) is 3.35. The lowest BCUT2D eigenvalue weighted by atomic mass is 10.2. The number of furan rings is 1. The van der Waals surface area contributed by atoms with Crippen LogP contribution in [-0.4, -0.2) is 29.5 Å². The predicted octanol–water partition coefficient (Wildman–Crippen LogP) is 1.52. The van der Waals surface area contributed by atoms with E-state index in [1.807, 2.05) is 0 Å². The molecule has 0 saturated carbocycles. The van der Waals surface area contributed by atoms with E-state index >= 15 is 0 Å². The molecule has 0 aromatic carbocycles. The number of hydrogen-bond acceptors (Lipinski definition) is 4. The zero-order valence-corrected chi connectivity index (χ0v) is 10.8. The number of aryl methyl sites for hydroxylation is 1. The van der Waals surface area contributed by atoms with E-state index in [9.17, 15) is 4.79 Å².